The molecular formula is C25H31NO6. The van der Waals surface area contributed by atoms with Gasteiger partial charge in [-0.25, -0.2) is 0 Å². The number of fused-ring (bicyclic) bond motifs is 2. The van der Waals surface area contributed by atoms with Crippen molar-refractivity contribution in [3.63, 3.8) is 0 Å². The molecule has 3 aliphatic rings. The molecule has 1 saturated heterocycles. The van der Waals surface area contributed by atoms with Gasteiger partial charge in [0, 0.05) is 44.1 Å². The van der Waals surface area contributed by atoms with Crippen LogP contribution in [0.2, 0.25) is 0 Å². The van der Waals surface area contributed by atoms with Gasteiger partial charge in [0.25, 0.3) is 0 Å². The van der Waals surface area contributed by atoms with E-state index in [1.54, 1.807) is 7.11 Å². The Morgan fingerprint density at radius 2 is 1.84 bits per heavy atom. The zero-order valence-corrected chi connectivity index (χ0v) is 18.5. The zero-order valence-electron chi connectivity index (χ0n) is 18.5. The van der Waals surface area contributed by atoms with Crippen molar-refractivity contribution < 1.29 is 29.2 Å². The molecule has 2 aromatic rings. The molecule has 0 radical (unpaired) electrons. The van der Waals surface area contributed by atoms with Gasteiger partial charge >= 0.3 is 0 Å². The van der Waals surface area contributed by atoms with E-state index in [1.807, 2.05) is 36.4 Å². The summed E-state index contributed by atoms with van der Waals surface area (Å²) in [7, 11) is 1.63. The normalized spacial score (nSPS) is 23.0. The number of aliphatic hydroxyl groups excluding tert-OH is 2. The van der Waals surface area contributed by atoms with Crippen LogP contribution in [0.5, 0.6) is 23.0 Å². The molecule has 0 amide bonds. The van der Waals surface area contributed by atoms with Crippen molar-refractivity contribution in [2.24, 2.45) is 0 Å². The van der Waals surface area contributed by atoms with E-state index in [-0.39, 0.29) is 5.60 Å². The van der Waals surface area contributed by atoms with E-state index >= 15 is 0 Å². The molecule has 0 aliphatic carbocycles. The van der Waals surface area contributed by atoms with Crippen LogP contribution in [0, 0.1) is 0 Å². The van der Waals surface area contributed by atoms with Crippen LogP contribution in [0.3, 0.4) is 0 Å². The molecule has 0 aromatic heterocycles. The number of hydrogen-bond donors (Lipinski definition) is 2. The lowest BCUT2D eigenvalue weighted by atomic mass is 9.81. The Morgan fingerprint density at radius 1 is 1.06 bits per heavy atom. The highest BCUT2D eigenvalue weighted by atomic mass is 16.5. The number of piperidine rings is 1. The van der Waals surface area contributed by atoms with Gasteiger partial charge in [-0.1, -0.05) is 6.07 Å². The molecule has 0 unspecified atom stereocenters. The Balaban J connectivity index is 1.22. The van der Waals surface area contributed by atoms with E-state index in [4.69, 9.17) is 18.9 Å². The van der Waals surface area contributed by atoms with Crippen LogP contribution < -0.4 is 18.9 Å². The fraction of sp³-hybridized carbons (Fsp3) is 0.520. The van der Waals surface area contributed by atoms with E-state index in [2.05, 4.69) is 4.90 Å². The van der Waals surface area contributed by atoms with Crippen molar-refractivity contribution in [1.29, 1.82) is 0 Å². The molecule has 7 heteroatoms. The van der Waals surface area contributed by atoms with Crippen molar-refractivity contribution in [2.75, 3.05) is 40.0 Å². The molecular weight excluding hydrogens is 410 g/mol. The SMILES string of the molecule is COc1ccc2c(c1)OC1(CCN(C[C@@H](O)c3ccc4c(c3)OCCCO4)CC1)C[C@@H]2O. The highest BCUT2D eigenvalue weighted by Crippen LogP contribution is 2.45. The number of aliphatic hydroxyl groups is 2. The Morgan fingerprint density at radius 3 is 2.62 bits per heavy atom. The first kappa shape index (κ1) is 21.4. The van der Waals surface area contributed by atoms with E-state index in [9.17, 15) is 10.2 Å². The molecule has 2 N–H and O–H groups in total. The van der Waals surface area contributed by atoms with Gasteiger partial charge in [-0.3, -0.25) is 0 Å². The number of rotatable bonds is 4. The summed E-state index contributed by atoms with van der Waals surface area (Å²) < 4.78 is 23.2. The van der Waals surface area contributed by atoms with E-state index in [0.29, 0.717) is 37.7 Å². The monoisotopic (exact) mass is 441 g/mol. The molecule has 1 fully saturated rings. The lowest BCUT2D eigenvalue weighted by Crippen LogP contribution is -2.51. The third-order valence-corrected chi connectivity index (χ3v) is 6.83. The predicted octanol–water partition coefficient (Wildman–Crippen LogP) is 3.24. The second-order valence-corrected chi connectivity index (χ2v) is 8.98. The topological polar surface area (TPSA) is 80.6 Å². The molecule has 7 nitrogen and oxygen atoms in total. The Bertz CT molecular complexity index is 955. The quantitative estimate of drug-likeness (QED) is 0.754. The van der Waals surface area contributed by atoms with E-state index in [1.165, 1.54) is 0 Å². The van der Waals surface area contributed by atoms with E-state index < -0.39 is 12.2 Å². The van der Waals surface area contributed by atoms with Crippen LogP contribution >= 0.6 is 0 Å². The summed E-state index contributed by atoms with van der Waals surface area (Å²) in [6, 6.07) is 11.3. The smallest absolute Gasteiger partial charge is 0.161 e. The van der Waals surface area contributed by atoms with Crippen LogP contribution in [-0.4, -0.2) is 60.7 Å². The fourth-order valence-electron chi connectivity index (χ4n) is 4.93. The second kappa shape index (κ2) is 8.81. The molecule has 3 heterocycles. The molecule has 3 aliphatic heterocycles. The Labute approximate surface area is 188 Å². The second-order valence-electron chi connectivity index (χ2n) is 8.98. The average molecular weight is 442 g/mol. The highest BCUT2D eigenvalue weighted by molar-refractivity contribution is 5.45. The minimum atomic E-state index is -0.607. The van der Waals surface area contributed by atoms with Gasteiger partial charge in [0.2, 0.25) is 0 Å². The maximum atomic E-state index is 10.9. The third-order valence-electron chi connectivity index (χ3n) is 6.83. The van der Waals surface area contributed by atoms with Gasteiger partial charge < -0.3 is 34.1 Å². The van der Waals surface area contributed by atoms with Gasteiger partial charge in [0.05, 0.1) is 32.5 Å². The van der Waals surface area contributed by atoms with Gasteiger partial charge in [0.15, 0.2) is 11.5 Å². The summed E-state index contributed by atoms with van der Waals surface area (Å²) in [4.78, 5) is 2.26. The molecule has 0 saturated carbocycles. The maximum absolute atomic E-state index is 10.9. The maximum Gasteiger partial charge on any atom is 0.161 e. The van der Waals surface area contributed by atoms with Gasteiger partial charge in [-0.2, -0.15) is 0 Å². The van der Waals surface area contributed by atoms with Crippen LogP contribution in [0.15, 0.2) is 36.4 Å². The fourth-order valence-corrected chi connectivity index (χ4v) is 4.93. The van der Waals surface area contributed by atoms with Crippen LogP contribution in [-0.2, 0) is 0 Å². The van der Waals surface area contributed by atoms with Crippen LogP contribution in [0.1, 0.15) is 49.0 Å². The lowest BCUT2D eigenvalue weighted by Gasteiger charge is -2.46. The average Bonchev–Trinajstić information content (AvgIpc) is 3.05. The van der Waals surface area contributed by atoms with Crippen molar-refractivity contribution in [2.45, 2.75) is 43.5 Å². The summed E-state index contributed by atoms with van der Waals surface area (Å²) in [5, 5.41) is 21.6. The van der Waals surface area contributed by atoms with Crippen molar-refractivity contribution in [3.8, 4) is 23.0 Å². The van der Waals surface area contributed by atoms with Gasteiger partial charge in [0.1, 0.15) is 17.1 Å². The van der Waals surface area contributed by atoms with Gasteiger partial charge in [-0.15, -0.1) is 0 Å². The number of methoxy groups -OCH3 is 1. The first-order valence-corrected chi connectivity index (χ1v) is 11.4. The minimum Gasteiger partial charge on any atom is -0.497 e. The van der Waals surface area contributed by atoms with Crippen molar-refractivity contribution in [1.82, 2.24) is 4.90 Å². The first-order chi connectivity index (χ1) is 15.5. The molecule has 1 spiro atoms. The summed E-state index contributed by atoms with van der Waals surface area (Å²) in [6.07, 6.45) is 1.90. The number of benzene rings is 2. The number of nitrogens with zero attached hydrogens (tertiary/aromatic N) is 1. The van der Waals surface area contributed by atoms with Crippen LogP contribution in [0.25, 0.3) is 0 Å². The van der Waals surface area contributed by atoms with Crippen molar-refractivity contribution in [3.05, 3.63) is 47.5 Å². The predicted molar refractivity (Wildman–Crippen MR) is 119 cm³/mol. The standard InChI is InChI=1S/C25H31NO6/c1-29-18-4-5-19-20(27)15-25(32-23(19)14-18)7-9-26(10-8-25)16-21(28)17-3-6-22-24(13-17)31-12-2-11-30-22/h3-6,13-14,20-21,27-28H,2,7-12,15-16H2,1H3/t20-,21+/m0/s1. The van der Waals surface area contributed by atoms with Crippen LogP contribution in [0.4, 0.5) is 0 Å². The largest absolute Gasteiger partial charge is 0.497 e. The number of likely N-dealkylation sites (tertiary alicyclic amines) is 1. The van der Waals surface area contributed by atoms with E-state index in [0.717, 1.165) is 55.0 Å². The summed E-state index contributed by atoms with van der Waals surface area (Å²) in [5.74, 6) is 2.88. The Hall–Kier alpha value is -2.48. The molecule has 2 atom stereocenters. The lowest BCUT2D eigenvalue weighted by molar-refractivity contribution is -0.0588. The number of hydrogen-bond acceptors (Lipinski definition) is 7. The molecule has 5 rings (SSSR count). The summed E-state index contributed by atoms with van der Waals surface area (Å²) in [6.45, 7) is 3.42. The zero-order chi connectivity index (χ0) is 22.1. The number of β-amino-alcohol motifs (C(OH)–C–C–N with tert-alkyl or cyclic N) is 1. The highest BCUT2D eigenvalue weighted by Gasteiger charge is 2.43. The number of ether oxygens (including phenoxy) is 4. The molecule has 2 aromatic carbocycles. The summed E-state index contributed by atoms with van der Waals surface area (Å²) >= 11 is 0. The van der Waals surface area contributed by atoms with Crippen molar-refractivity contribution >= 4 is 0 Å². The first-order valence-electron chi connectivity index (χ1n) is 11.4. The molecule has 0 bridgehead atoms. The molecule has 32 heavy (non-hydrogen) atoms. The minimum absolute atomic E-state index is 0.379. The van der Waals surface area contributed by atoms with Gasteiger partial charge in [-0.05, 0) is 42.7 Å². The summed E-state index contributed by atoms with van der Waals surface area (Å²) in [5.41, 5.74) is 1.28. The molecule has 172 valence electrons. The third kappa shape index (κ3) is 4.25. The Kier molecular flexibility index (Phi) is 5.88.